The quantitative estimate of drug-likeness (QED) is 0.845. The Bertz CT molecular complexity index is 735. The number of benzene rings is 2. The monoisotopic (exact) mass is 340 g/mol. The van der Waals surface area contributed by atoms with Crippen LogP contribution < -0.4 is 15.8 Å². The Hall–Kier alpha value is -2.86. The van der Waals surface area contributed by atoms with E-state index >= 15 is 0 Å². The summed E-state index contributed by atoms with van der Waals surface area (Å²) in [6, 6.07) is 13.4. The first-order chi connectivity index (χ1) is 12.1. The number of ether oxygens (including phenoxy) is 2. The maximum absolute atomic E-state index is 12.1. The highest BCUT2D eigenvalue weighted by Gasteiger charge is 2.16. The van der Waals surface area contributed by atoms with E-state index in [9.17, 15) is 9.59 Å². The van der Waals surface area contributed by atoms with Crippen molar-refractivity contribution < 1.29 is 19.1 Å². The van der Waals surface area contributed by atoms with Crippen LogP contribution in [0.4, 0.5) is 0 Å². The number of nitrogens with one attached hydrogen (secondary N) is 1. The zero-order chi connectivity index (χ0) is 17.6. The van der Waals surface area contributed by atoms with Crippen LogP contribution in [0, 0.1) is 0 Å². The Kier molecular flexibility index (Phi) is 5.30. The van der Waals surface area contributed by atoms with Crippen LogP contribution in [0.2, 0.25) is 0 Å². The minimum atomic E-state index is -0.482. The molecule has 2 amide bonds. The summed E-state index contributed by atoms with van der Waals surface area (Å²) in [6.45, 7) is 1.30. The van der Waals surface area contributed by atoms with E-state index in [1.165, 1.54) is 0 Å². The first kappa shape index (κ1) is 17.0. The molecule has 1 aliphatic rings. The second kappa shape index (κ2) is 7.81. The zero-order valence-corrected chi connectivity index (χ0v) is 13.7. The van der Waals surface area contributed by atoms with Crippen molar-refractivity contribution in [3.8, 4) is 11.5 Å². The minimum absolute atomic E-state index is 0.120. The van der Waals surface area contributed by atoms with Gasteiger partial charge in [-0.25, -0.2) is 0 Å². The molecule has 1 atom stereocenters. The molecule has 25 heavy (non-hydrogen) atoms. The van der Waals surface area contributed by atoms with Gasteiger partial charge in [-0.05, 0) is 61.4 Å². The number of nitrogens with two attached hydrogens (primary N) is 1. The van der Waals surface area contributed by atoms with Gasteiger partial charge in [0.2, 0.25) is 5.91 Å². The average molecular weight is 340 g/mol. The molecule has 1 fully saturated rings. The van der Waals surface area contributed by atoms with E-state index < -0.39 is 5.91 Å². The van der Waals surface area contributed by atoms with Crippen LogP contribution in [0.1, 0.15) is 33.6 Å². The van der Waals surface area contributed by atoms with Crippen molar-refractivity contribution in [3.63, 3.8) is 0 Å². The molecule has 0 aliphatic carbocycles. The molecule has 0 saturated carbocycles. The van der Waals surface area contributed by atoms with E-state index in [4.69, 9.17) is 15.2 Å². The number of hydrogen-bond acceptors (Lipinski definition) is 4. The van der Waals surface area contributed by atoms with E-state index in [0.29, 0.717) is 29.2 Å². The molecule has 0 unspecified atom stereocenters. The predicted molar refractivity (Wildman–Crippen MR) is 92.8 cm³/mol. The Morgan fingerprint density at radius 1 is 1.04 bits per heavy atom. The van der Waals surface area contributed by atoms with Crippen LogP contribution in [-0.2, 0) is 4.74 Å². The molecule has 3 N–H and O–H groups in total. The van der Waals surface area contributed by atoms with E-state index in [-0.39, 0.29) is 12.0 Å². The van der Waals surface area contributed by atoms with Gasteiger partial charge in [-0.1, -0.05) is 0 Å². The molecule has 1 saturated heterocycles. The molecular weight excluding hydrogens is 320 g/mol. The predicted octanol–water partition coefficient (Wildman–Crippen LogP) is 2.49. The van der Waals surface area contributed by atoms with Gasteiger partial charge in [-0.15, -0.1) is 0 Å². The van der Waals surface area contributed by atoms with Crippen molar-refractivity contribution in [1.29, 1.82) is 0 Å². The van der Waals surface area contributed by atoms with E-state index in [0.717, 1.165) is 19.4 Å². The van der Waals surface area contributed by atoms with Gasteiger partial charge in [0, 0.05) is 24.3 Å². The van der Waals surface area contributed by atoms with Crippen molar-refractivity contribution >= 4 is 11.8 Å². The van der Waals surface area contributed by atoms with E-state index in [1.54, 1.807) is 48.5 Å². The lowest BCUT2D eigenvalue weighted by atomic mass is 10.2. The highest BCUT2D eigenvalue weighted by atomic mass is 16.5. The van der Waals surface area contributed by atoms with Crippen molar-refractivity contribution in [1.82, 2.24) is 5.32 Å². The number of carbonyl (C=O) groups is 2. The lowest BCUT2D eigenvalue weighted by Gasteiger charge is -2.11. The third-order valence-corrected chi connectivity index (χ3v) is 4.01. The smallest absolute Gasteiger partial charge is 0.251 e. The molecule has 1 heterocycles. The largest absolute Gasteiger partial charge is 0.457 e. The topological polar surface area (TPSA) is 90.7 Å². The molecule has 1 aliphatic heterocycles. The lowest BCUT2D eigenvalue weighted by molar-refractivity contribution is 0.0857. The summed E-state index contributed by atoms with van der Waals surface area (Å²) in [5, 5.41) is 2.88. The maximum Gasteiger partial charge on any atom is 0.251 e. The number of carbonyl (C=O) groups excluding carboxylic acids is 2. The second-order valence-electron chi connectivity index (χ2n) is 5.86. The van der Waals surface area contributed by atoms with E-state index in [2.05, 4.69) is 5.32 Å². The normalized spacial score (nSPS) is 16.4. The van der Waals surface area contributed by atoms with Gasteiger partial charge in [0.05, 0.1) is 6.10 Å². The van der Waals surface area contributed by atoms with Crippen LogP contribution in [-0.4, -0.2) is 31.1 Å². The second-order valence-corrected chi connectivity index (χ2v) is 5.86. The summed E-state index contributed by atoms with van der Waals surface area (Å²) < 4.78 is 11.2. The first-order valence-electron chi connectivity index (χ1n) is 8.19. The summed E-state index contributed by atoms with van der Waals surface area (Å²) in [5.74, 6) is 0.570. The SMILES string of the molecule is NC(=O)c1ccc(Oc2ccc(C(=O)NC[C@H]3CCCO3)cc2)cc1. The van der Waals surface area contributed by atoms with Crippen LogP contribution in [0.15, 0.2) is 48.5 Å². The average Bonchev–Trinajstić information content (AvgIpc) is 3.14. The van der Waals surface area contributed by atoms with Crippen molar-refractivity contribution in [2.24, 2.45) is 5.73 Å². The lowest BCUT2D eigenvalue weighted by Crippen LogP contribution is -2.31. The van der Waals surface area contributed by atoms with Crippen LogP contribution in [0.3, 0.4) is 0 Å². The zero-order valence-electron chi connectivity index (χ0n) is 13.7. The Balaban J connectivity index is 1.55. The minimum Gasteiger partial charge on any atom is -0.457 e. The Morgan fingerprint density at radius 3 is 2.16 bits per heavy atom. The summed E-state index contributed by atoms with van der Waals surface area (Å²) in [5.41, 5.74) is 6.19. The fourth-order valence-electron chi connectivity index (χ4n) is 2.61. The summed E-state index contributed by atoms with van der Waals surface area (Å²) in [7, 11) is 0. The highest BCUT2D eigenvalue weighted by molar-refractivity contribution is 5.94. The highest BCUT2D eigenvalue weighted by Crippen LogP contribution is 2.22. The van der Waals surface area contributed by atoms with Crippen molar-refractivity contribution in [2.75, 3.05) is 13.2 Å². The number of hydrogen-bond donors (Lipinski definition) is 2. The standard InChI is InChI=1S/C19H20N2O4/c20-18(22)13-3-7-15(8-4-13)25-16-9-5-14(6-10-16)19(23)21-12-17-2-1-11-24-17/h3-10,17H,1-2,11-12H2,(H2,20,22)(H,21,23)/t17-/m1/s1. The fourth-order valence-corrected chi connectivity index (χ4v) is 2.61. The molecule has 0 aromatic heterocycles. The summed E-state index contributed by atoms with van der Waals surface area (Å²) in [6.07, 6.45) is 2.16. The van der Waals surface area contributed by atoms with Gasteiger partial charge in [-0.3, -0.25) is 9.59 Å². The molecule has 2 aromatic rings. The molecule has 6 heteroatoms. The third-order valence-electron chi connectivity index (χ3n) is 4.01. The molecule has 0 spiro atoms. The van der Waals surface area contributed by atoms with Gasteiger partial charge >= 0.3 is 0 Å². The molecular formula is C19H20N2O4. The molecule has 0 radical (unpaired) electrons. The van der Waals surface area contributed by atoms with Crippen molar-refractivity contribution in [3.05, 3.63) is 59.7 Å². The molecule has 2 aromatic carbocycles. The number of primary amides is 1. The number of rotatable bonds is 6. The molecule has 3 rings (SSSR count). The summed E-state index contributed by atoms with van der Waals surface area (Å²) >= 11 is 0. The van der Waals surface area contributed by atoms with Gasteiger partial charge in [0.15, 0.2) is 0 Å². The summed E-state index contributed by atoms with van der Waals surface area (Å²) in [4.78, 5) is 23.2. The van der Waals surface area contributed by atoms with Crippen LogP contribution in [0.25, 0.3) is 0 Å². The van der Waals surface area contributed by atoms with Gasteiger partial charge in [0.25, 0.3) is 5.91 Å². The molecule has 130 valence electrons. The van der Waals surface area contributed by atoms with E-state index in [1.807, 2.05) is 0 Å². The Morgan fingerprint density at radius 2 is 1.64 bits per heavy atom. The van der Waals surface area contributed by atoms with Gasteiger partial charge in [-0.2, -0.15) is 0 Å². The van der Waals surface area contributed by atoms with Crippen molar-refractivity contribution in [2.45, 2.75) is 18.9 Å². The van der Waals surface area contributed by atoms with Crippen LogP contribution >= 0.6 is 0 Å². The third kappa shape index (κ3) is 4.58. The van der Waals surface area contributed by atoms with Gasteiger partial charge in [0.1, 0.15) is 11.5 Å². The number of amides is 2. The fraction of sp³-hybridized carbons (Fsp3) is 0.263. The maximum atomic E-state index is 12.1. The van der Waals surface area contributed by atoms with Gasteiger partial charge < -0.3 is 20.5 Å². The molecule has 0 bridgehead atoms. The molecule has 6 nitrogen and oxygen atoms in total. The Labute approximate surface area is 145 Å². The first-order valence-corrected chi connectivity index (χ1v) is 8.19. The van der Waals surface area contributed by atoms with Crippen LogP contribution in [0.5, 0.6) is 11.5 Å².